The van der Waals surface area contributed by atoms with Crippen molar-refractivity contribution in [2.45, 2.75) is 18.2 Å². The SMILES string of the molecule is ClC1C=C(c2cnc3ccccc3c2)CC1. The molecule has 0 saturated carbocycles. The van der Waals surface area contributed by atoms with Crippen molar-refractivity contribution in [3.8, 4) is 0 Å². The minimum Gasteiger partial charge on any atom is -0.256 e. The van der Waals surface area contributed by atoms with E-state index in [9.17, 15) is 0 Å². The Kier molecular flexibility index (Phi) is 2.41. The largest absolute Gasteiger partial charge is 0.256 e. The minimum absolute atomic E-state index is 0.196. The van der Waals surface area contributed by atoms with Gasteiger partial charge in [0.1, 0.15) is 0 Å². The Morgan fingerprint density at radius 3 is 2.94 bits per heavy atom. The number of para-hydroxylation sites is 1. The first-order valence-electron chi connectivity index (χ1n) is 5.53. The molecule has 1 unspecified atom stereocenters. The van der Waals surface area contributed by atoms with Gasteiger partial charge in [-0.2, -0.15) is 0 Å². The lowest BCUT2D eigenvalue weighted by Gasteiger charge is -2.03. The fraction of sp³-hybridized carbons (Fsp3) is 0.214. The molecule has 2 heteroatoms. The summed E-state index contributed by atoms with van der Waals surface area (Å²) >= 11 is 6.08. The Balaban J connectivity index is 2.09. The summed E-state index contributed by atoms with van der Waals surface area (Å²) in [5.41, 5.74) is 3.59. The molecule has 2 aromatic rings. The molecule has 1 nitrogen and oxygen atoms in total. The van der Waals surface area contributed by atoms with E-state index in [2.05, 4.69) is 23.2 Å². The molecule has 1 aliphatic carbocycles. The Labute approximate surface area is 99.8 Å². The molecule has 0 amide bonds. The molecule has 80 valence electrons. The number of nitrogens with zero attached hydrogens (tertiary/aromatic N) is 1. The first kappa shape index (κ1) is 9.86. The number of rotatable bonds is 1. The van der Waals surface area contributed by atoms with Crippen LogP contribution in [-0.2, 0) is 0 Å². The molecular formula is C14H12ClN. The van der Waals surface area contributed by atoms with Crippen LogP contribution in [0.1, 0.15) is 18.4 Å². The second-order valence-corrected chi connectivity index (χ2v) is 4.72. The number of pyridine rings is 1. The van der Waals surface area contributed by atoms with E-state index in [0.29, 0.717) is 0 Å². The van der Waals surface area contributed by atoms with Gasteiger partial charge in [0.25, 0.3) is 0 Å². The van der Waals surface area contributed by atoms with Crippen molar-refractivity contribution in [3.63, 3.8) is 0 Å². The molecule has 1 aromatic heterocycles. The molecule has 0 bridgehead atoms. The van der Waals surface area contributed by atoms with E-state index in [1.165, 1.54) is 16.5 Å². The first-order chi connectivity index (χ1) is 7.83. The lowest BCUT2D eigenvalue weighted by atomic mass is 10.1. The lowest BCUT2D eigenvalue weighted by Crippen LogP contribution is -1.84. The van der Waals surface area contributed by atoms with Crippen LogP contribution in [0.3, 0.4) is 0 Å². The average Bonchev–Trinajstić information content (AvgIpc) is 2.75. The van der Waals surface area contributed by atoms with E-state index < -0.39 is 0 Å². The normalized spacial score (nSPS) is 20.1. The molecule has 0 fully saturated rings. The Morgan fingerprint density at radius 2 is 2.12 bits per heavy atom. The van der Waals surface area contributed by atoms with Gasteiger partial charge in [0.05, 0.1) is 10.9 Å². The second kappa shape index (κ2) is 3.91. The summed E-state index contributed by atoms with van der Waals surface area (Å²) in [6.07, 6.45) is 6.20. The van der Waals surface area contributed by atoms with Crippen LogP contribution in [0.15, 0.2) is 42.6 Å². The van der Waals surface area contributed by atoms with Gasteiger partial charge in [-0.15, -0.1) is 11.6 Å². The van der Waals surface area contributed by atoms with Crippen molar-refractivity contribution < 1.29 is 0 Å². The van der Waals surface area contributed by atoms with Crippen molar-refractivity contribution in [2.75, 3.05) is 0 Å². The van der Waals surface area contributed by atoms with Crippen molar-refractivity contribution in [3.05, 3.63) is 48.2 Å². The zero-order chi connectivity index (χ0) is 11.0. The van der Waals surface area contributed by atoms with Crippen molar-refractivity contribution in [2.24, 2.45) is 0 Å². The molecule has 1 atom stereocenters. The monoisotopic (exact) mass is 229 g/mol. The molecule has 0 spiro atoms. The fourth-order valence-corrected chi connectivity index (χ4v) is 2.43. The highest BCUT2D eigenvalue weighted by molar-refractivity contribution is 6.22. The smallest absolute Gasteiger partial charge is 0.0702 e. The van der Waals surface area contributed by atoms with Gasteiger partial charge in [-0.25, -0.2) is 0 Å². The molecule has 0 radical (unpaired) electrons. The maximum absolute atomic E-state index is 6.08. The topological polar surface area (TPSA) is 12.9 Å². The van der Waals surface area contributed by atoms with Gasteiger partial charge in [-0.1, -0.05) is 24.3 Å². The van der Waals surface area contributed by atoms with Crippen LogP contribution in [0.2, 0.25) is 0 Å². The molecule has 3 rings (SSSR count). The van der Waals surface area contributed by atoms with Crippen LogP contribution < -0.4 is 0 Å². The number of fused-ring (bicyclic) bond motifs is 1. The maximum atomic E-state index is 6.08. The lowest BCUT2D eigenvalue weighted by molar-refractivity contribution is 0.941. The Morgan fingerprint density at radius 1 is 1.25 bits per heavy atom. The zero-order valence-corrected chi connectivity index (χ0v) is 9.61. The van der Waals surface area contributed by atoms with Gasteiger partial charge >= 0.3 is 0 Å². The molecule has 1 aliphatic rings. The fourth-order valence-electron chi connectivity index (χ4n) is 2.17. The number of benzene rings is 1. The van der Waals surface area contributed by atoms with Gasteiger partial charge in [0, 0.05) is 11.6 Å². The van der Waals surface area contributed by atoms with Crippen molar-refractivity contribution in [1.82, 2.24) is 4.98 Å². The van der Waals surface area contributed by atoms with Gasteiger partial charge in [-0.05, 0) is 36.1 Å². The van der Waals surface area contributed by atoms with E-state index in [1.807, 2.05) is 24.4 Å². The number of alkyl halides is 1. The van der Waals surface area contributed by atoms with Gasteiger partial charge in [0.15, 0.2) is 0 Å². The third kappa shape index (κ3) is 1.72. The number of hydrogen-bond donors (Lipinski definition) is 0. The van der Waals surface area contributed by atoms with Crippen LogP contribution in [0, 0.1) is 0 Å². The third-order valence-electron chi connectivity index (χ3n) is 3.03. The van der Waals surface area contributed by atoms with Gasteiger partial charge in [0.2, 0.25) is 0 Å². The molecule has 1 aromatic carbocycles. The highest BCUT2D eigenvalue weighted by Crippen LogP contribution is 2.31. The Bertz CT molecular complexity index is 559. The molecule has 0 saturated heterocycles. The summed E-state index contributed by atoms with van der Waals surface area (Å²) in [5.74, 6) is 0. The van der Waals surface area contributed by atoms with E-state index in [-0.39, 0.29) is 5.38 Å². The van der Waals surface area contributed by atoms with E-state index in [4.69, 9.17) is 11.6 Å². The quantitative estimate of drug-likeness (QED) is 0.673. The zero-order valence-electron chi connectivity index (χ0n) is 8.86. The molecule has 0 N–H and O–H groups in total. The molecule has 16 heavy (non-hydrogen) atoms. The second-order valence-electron chi connectivity index (χ2n) is 4.16. The van der Waals surface area contributed by atoms with E-state index in [0.717, 1.165) is 18.4 Å². The average molecular weight is 230 g/mol. The van der Waals surface area contributed by atoms with Crippen molar-refractivity contribution >= 4 is 28.1 Å². The summed E-state index contributed by atoms with van der Waals surface area (Å²) in [6.45, 7) is 0. The standard InChI is InChI=1S/C14H12ClN/c15-13-6-5-10(8-13)12-7-11-3-1-2-4-14(11)16-9-12/h1-4,7-9,13H,5-6H2. The first-order valence-corrected chi connectivity index (χ1v) is 5.96. The Hall–Kier alpha value is -1.34. The summed E-state index contributed by atoms with van der Waals surface area (Å²) in [4.78, 5) is 4.47. The molecular weight excluding hydrogens is 218 g/mol. The predicted molar refractivity (Wildman–Crippen MR) is 68.6 cm³/mol. The minimum atomic E-state index is 0.196. The highest BCUT2D eigenvalue weighted by Gasteiger charge is 2.14. The van der Waals surface area contributed by atoms with Crippen LogP contribution >= 0.6 is 11.6 Å². The molecule has 1 heterocycles. The molecule has 0 aliphatic heterocycles. The summed E-state index contributed by atoms with van der Waals surface area (Å²) in [5, 5.41) is 1.39. The van der Waals surface area contributed by atoms with Crippen LogP contribution in [0.5, 0.6) is 0 Å². The predicted octanol–water partition coefficient (Wildman–Crippen LogP) is 4.02. The number of hydrogen-bond acceptors (Lipinski definition) is 1. The number of aromatic nitrogens is 1. The van der Waals surface area contributed by atoms with E-state index >= 15 is 0 Å². The van der Waals surface area contributed by atoms with Crippen LogP contribution in [0.25, 0.3) is 16.5 Å². The number of halogens is 1. The van der Waals surface area contributed by atoms with E-state index in [1.54, 1.807) is 0 Å². The third-order valence-corrected chi connectivity index (χ3v) is 3.38. The number of allylic oxidation sites excluding steroid dienone is 2. The van der Waals surface area contributed by atoms with Gasteiger partial charge in [-0.3, -0.25) is 4.98 Å². The van der Waals surface area contributed by atoms with Crippen LogP contribution in [0.4, 0.5) is 0 Å². The van der Waals surface area contributed by atoms with Gasteiger partial charge < -0.3 is 0 Å². The summed E-state index contributed by atoms with van der Waals surface area (Å²) in [6, 6.07) is 10.4. The van der Waals surface area contributed by atoms with Crippen molar-refractivity contribution in [1.29, 1.82) is 0 Å². The summed E-state index contributed by atoms with van der Waals surface area (Å²) < 4.78 is 0. The highest BCUT2D eigenvalue weighted by atomic mass is 35.5. The van der Waals surface area contributed by atoms with Crippen LogP contribution in [-0.4, -0.2) is 10.4 Å². The maximum Gasteiger partial charge on any atom is 0.0702 e. The summed E-state index contributed by atoms with van der Waals surface area (Å²) in [7, 11) is 0.